The van der Waals surface area contributed by atoms with E-state index in [-0.39, 0.29) is 11.3 Å². The van der Waals surface area contributed by atoms with Crippen molar-refractivity contribution in [1.82, 2.24) is 10.3 Å². The fraction of sp³-hybridized carbons (Fsp3) is 0.294. The van der Waals surface area contributed by atoms with Gasteiger partial charge >= 0.3 is 0 Å². The molecule has 0 saturated carbocycles. The van der Waals surface area contributed by atoms with Crippen LogP contribution in [0.25, 0.3) is 0 Å². The van der Waals surface area contributed by atoms with Gasteiger partial charge in [0.25, 0.3) is 5.91 Å². The summed E-state index contributed by atoms with van der Waals surface area (Å²) in [6.45, 7) is 2.97. The second-order valence-corrected chi connectivity index (χ2v) is 5.55. The summed E-state index contributed by atoms with van der Waals surface area (Å²) >= 11 is 5.91. The van der Waals surface area contributed by atoms with E-state index in [0.29, 0.717) is 24.0 Å². The number of hydrogen-bond acceptors (Lipinski definition) is 5. The number of halogens is 2. The smallest absolute Gasteiger partial charge is 0.254 e. The summed E-state index contributed by atoms with van der Waals surface area (Å²) in [4.78, 5) is 15.9. The summed E-state index contributed by atoms with van der Waals surface area (Å²) in [5.41, 5.74) is 1.70. The van der Waals surface area contributed by atoms with E-state index in [9.17, 15) is 9.18 Å². The topological polar surface area (TPSA) is 75.3 Å². The van der Waals surface area contributed by atoms with E-state index < -0.39 is 11.7 Å². The third kappa shape index (κ3) is 4.51. The number of pyridine rings is 1. The number of hydrogen-bond donors (Lipinski definition) is 3. The fourth-order valence-electron chi connectivity index (χ4n) is 2.29. The standard InChI is InChI=1S/C17H20ClFN4O2/c1-4-21-13-7-15(18)23-9-10(13)8-22-14-6-11(25-3)5-12(16(14)19)17(24)20-2/h5-7,9,22H,4,8H2,1-3H3,(H,20,24)(H,21,23). The maximum Gasteiger partial charge on any atom is 0.254 e. The molecule has 0 spiro atoms. The molecule has 1 amide bonds. The van der Waals surface area contributed by atoms with Crippen molar-refractivity contribution in [2.24, 2.45) is 0 Å². The Labute approximate surface area is 150 Å². The number of carbonyl (C=O) groups is 1. The number of carbonyl (C=O) groups excluding carboxylic acids is 1. The molecule has 1 aromatic carbocycles. The lowest BCUT2D eigenvalue weighted by atomic mass is 10.1. The minimum absolute atomic E-state index is 0.0921. The molecule has 0 fully saturated rings. The predicted octanol–water partition coefficient (Wildman–Crippen LogP) is 3.29. The van der Waals surface area contributed by atoms with Crippen molar-refractivity contribution in [1.29, 1.82) is 0 Å². The monoisotopic (exact) mass is 366 g/mol. The molecular weight excluding hydrogens is 347 g/mol. The Kier molecular flexibility index (Phi) is 6.41. The summed E-state index contributed by atoms with van der Waals surface area (Å²) in [5.74, 6) is -0.795. The van der Waals surface area contributed by atoms with Crippen LogP contribution in [0.4, 0.5) is 15.8 Å². The molecule has 8 heteroatoms. The summed E-state index contributed by atoms with van der Waals surface area (Å²) < 4.78 is 19.8. The molecule has 0 aliphatic heterocycles. The van der Waals surface area contributed by atoms with Crippen LogP contribution in [0.5, 0.6) is 5.75 Å². The molecule has 25 heavy (non-hydrogen) atoms. The van der Waals surface area contributed by atoms with Gasteiger partial charge in [0.15, 0.2) is 5.82 Å². The van der Waals surface area contributed by atoms with Crippen molar-refractivity contribution >= 4 is 28.9 Å². The van der Waals surface area contributed by atoms with Crippen molar-refractivity contribution in [2.45, 2.75) is 13.5 Å². The first-order valence-corrected chi connectivity index (χ1v) is 8.09. The molecule has 0 aliphatic rings. The zero-order valence-electron chi connectivity index (χ0n) is 14.2. The van der Waals surface area contributed by atoms with E-state index >= 15 is 0 Å². The van der Waals surface area contributed by atoms with Crippen molar-refractivity contribution in [3.05, 3.63) is 46.5 Å². The average molecular weight is 367 g/mol. The van der Waals surface area contributed by atoms with E-state index in [4.69, 9.17) is 16.3 Å². The molecule has 0 atom stereocenters. The van der Waals surface area contributed by atoms with Crippen LogP contribution in [0.2, 0.25) is 5.15 Å². The third-order valence-electron chi connectivity index (χ3n) is 3.54. The van der Waals surface area contributed by atoms with Gasteiger partial charge in [-0.25, -0.2) is 9.37 Å². The van der Waals surface area contributed by atoms with Gasteiger partial charge in [0.05, 0.1) is 18.4 Å². The van der Waals surface area contributed by atoms with Gasteiger partial charge < -0.3 is 20.7 Å². The number of methoxy groups -OCH3 is 1. The number of nitrogens with zero attached hydrogens (tertiary/aromatic N) is 1. The molecule has 0 unspecified atom stereocenters. The molecule has 0 aliphatic carbocycles. The lowest BCUT2D eigenvalue weighted by molar-refractivity contribution is 0.0959. The highest BCUT2D eigenvalue weighted by Gasteiger charge is 2.17. The number of aromatic nitrogens is 1. The van der Waals surface area contributed by atoms with Gasteiger partial charge in [0.1, 0.15) is 10.9 Å². The van der Waals surface area contributed by atoms with Crippen LogP contribution >= 0.6 is 11.6 Å². The van der Waals surface area contributed by atoms with E-state index in [1.807, 2.05) is 6.92 Å². The maximum atomic E-state index is 14.6. The SMILES string of the molecule is CCNc1cc(Cl)ncc1CNc1cc(OC)cc(C(=O)NC)c1F. The summed E-state index contributed by atoms with van der Waals surface area (Å²) in [6, 6.07) is 4.56. The van der Waals surface area contributed by atoms with E-state index in [2.05, 4.69) is 20.9 Å². The molecule has 2 aromatic rings. The highest BCUT2D eigenvalue weighted by molar-refractivity contribution is 6.29. The lowest BCUT2D eigenvalue weighted by Gasteiger charge is -2.15. The zero-order chi connectivity index (χ0) is 18.4. The van der Waals surface area contributed by atoms with Crippen LogP contribution in [0.15, 0.2) is 24.4 Å². The molecule has 0 saturated heterocycles. The molecule has 0 radical (unpaired) electrons. The molecule has 1 aromatic heterocycles. The molecule has 0 bridgehead atoms. The molecule has 2 rings (SSSR count). The second-order valence-electron chi connectivity index (χ2n) is 5.16. The Morgan fingerprint density at radius 2 is 2.04 bits per heavy atom. The normalized spacial score (nSPS) is 10.3. The van der Waals surface area contributed by atoms with Gasteiger partial charge in [-0.1, -0.05) is 11.6 Å². The molecule has 3 N–H and O–H groups in total. The number of anilines is 2. The summed E-state index contributed by atoms with van der Waals surface area (Å²) in [5, 5.41) is 8.94. The first-order chi connectivity index (χ1) is 12.0. The Morgan fingerprint density at radius 1 is 1.28 bits per heavy atom. The quantitative estimate of drug-likeness (QED) is 0.656. The number of amides is 1. The van der Waals surface area contributed by atoms with Gasteiger partial charge in [0.2, 0.25) is 0 Å². The van der Waals surface area contributed by atoms with E-state index in [1.54, 1.807) is 12.3 Å². The molecular formula is C17H20ClFN4O2. The van der Waals surface area contributed by atoms with E-state index in [1.165, 1.54) is 26.3 Å². The molecule has 134 valence electrons. The Hall–Kier alpha value is -2.54. The van der Waals surface area contributed by atoms with Gasteiger partial charge in [-0.05, 0) is 19.1 Å². The highest BCUT2D eigenvalue weighted by atomic mass is 35.5. The van der Waals surface area contributed by atoms with Gasteiger partial charge in [-0.15, -0.1) is 0 Å². The van der Waals surface area contributed by atoms with Gasteiger partial charge in [0, 0.05) is 43.7 Å². The highest BCUT2D eigenvalue weighted by Crippen LogP contribution is 2.27. The number of nitrogens with one attached hydrogen (secondary N) is 3. The predicted molar refractivity (Wildman–Crippen MR) is 97.1 cm³/mol. The van der Waals surface area contributed by atoms with Gasteiger partial charge in [-0.3, -0.25) is 4.79 Å². The lowest BCUT2D eigenvalue weighted by Crippen LogP contribution is -2.20. The Balaban J connectivity index is 2.30. The number of benzene rings is 1. The van der Waals surface area contributed by atoms with Crippen molar-refractivity contribution in [3.63, 3.8) is 0 Å². The van der Waals surface area contributed by atoms with Crippen molar-refractivity contribution in [2.75, 3.05) is 31.3 Å². The first-order valence-electron chi connectivity index (χ1n) is 7.71. The zero-order valence-corrected chi connectivity index (χ0v) is 15.0. The average Bonchev–Trinajstić information content (AvgIpc) is 2.61. The molecule has 6 nitrogen and oxygen atoms in total. The summed E-state index contributed by atoms with van der Waals surface area (Å²) in [6.07, 6.45) is 1.62. The minimum atomic E-state index is -0.646. The third-order valence-corrected chi connectivity index (χ3v) is 3.75. The number of ether oxygens (including phenoxy) is 1. The van der Waals surface area contributed by atoms with Crippen LogP contribution in [-0.2, 0) is 6.54 Å². The van der Waals surface area contributed by atoms with Crippen LogP contribution in [-0.4, -0.2) is 31.6 Å². The Morgan fingerprint density at radius 3 is 2.68 bits per heavy atom. The van der Waals surface area contributed by atoms with Crippen LogP contribution in [0.3, 0.4) is 0 Å². The fourth-order valence-corrected chi connectivity index (χ4v) is 2.45. The van der Waals surface area contributed by atoms with Crippen LogP contribution < -0.4 is 20.7 Å². The van der Waals surface area contributed by atoms with Crippen molar-refractivity contribution < 1.29 is 13.9 Å². The molecule has 1 heterocycles. The summed E-state index contributed by atoms with van der Waals surface area (Å²) in [7, 11) is 2.90. The van der Waals surface area contributed by atoms with Crippen molar-refractivity contribution in [3.8, 4) is 5.75 Å². The Bertz CT molecular complexity index is 771. The van der Waals surface area contributed by atoms with Crippen LogP contribution in [0, 0.1) is 5.82 Å². The van der Waals surface area contributed by atoms with E-state index in [0.717, 1.165) is 11.3 Å². The number of rotatable bonds is 7. The first kappa shape index (κ1) is 18.8. The van der Waals surface area contributed by atoms with Gasteiger partial charge in [-0.2, -0.15) is 0 Å². The minimum Gasteiger partial charge on any atom is -0.497 e. The second kappa shape index (κ2) is 8.53. The maximum absolute atomic E-state index is 14.6. The largest absolute Gasteiger partial charge is 0.497 e. The van der Waals surface area contributed by atoms with Crippen LogP contribution in [0.1, 0.15) is 22.8 Å².